The van der Waals surface area contributed by atoms with E-state index in [0.717, 1.165) is 0 Å². The van der Waals surface area contributed by atoms with Gasteiger partial charge in [0.1, 0.15) is 5.70 Å². The molecule has 0 aliphatic carbocycles. The zero-order valence-corrected chi connectivity index (χ0v) is 6.74. The first-order chi connectivity index (χ1) is 6.29. The predicted octanol–water partition coefficient (Wildman–Crippen LogP) is -0.312. The molecule has 3 N–H and O–H groups in total. The number of nitrogens with one attached hydrogen (secondary N) is 1. The number of nitrogens with two attached hydrogens (primary N) is 1. The Labute approximate surface area is 74.5 Å². The maximum atomic E-state index is 10.9. The smallest absolute Gasteiger partial charge is 0.269 e. The third kappa shape index (κ3) is 1.24. The summed E-state index contributed by atoms with van der Waals surface area (Å²) >= 11 is 0. The number of ether oxygens (including phenoxy) is 2. The number of carbonyl (C=O) groups is 1. The van der Waals surface area contributed by atoms with Crippen LogP contribution < -0.4 is 11.1 Å². The van der Waals surface area contributed by atoms with Gasteiger partial charge in [0, 0.05) is 6.20 Å². The molecule has 0 radical (unpaired) electrons. The number of primary amides is 1. The third-order valence-corrected chi connectivity index (χ3v) is 1.71. The van der Waals surface area contributed by atoms with Gasteiger partial charge in [0.25, 0.3) is 5.91 Å². The van der Waals surface area contributed by atoms with Crippen molar-refractivity contribution in [2.24, 2.45) is 5.73 Å². The summed E-state index contributed by atoms with van der Waals surface area (Å²) in [6.45, 7) is 0.102. The number of fused-ring (bicyclic) bond motifs is 1. The fourth-order valence-electron chi connectivity index (χ4n) is 1.15. The largest absolute Gasteiger partial charge is 0.464 e. The van der Waals surface area contributed by atoms with Gasteiger partial charge in [-0.2, -0.15) is 0 Å². The Hall–Kier alpha value is -1.91. The van der Waals surface area contributed by atoms with Crippen molar-refractivity contribution in [1.29, 1.82) is 0 Å². The highest BCUT2D eigenvalue weighted by Gasteiger charge is 2.21. The highest BCUT2D eigenvalue weighted by atomic mass is 16.7. The monoisotopic (exact) mass is 180 g/mol. The molecule has 5 heteroatoms. The number of hydrogen-bond acceptors (Lipinski definition) is 4. The molecule has 0 saturated carbocycles. The summed E-state index contributed by atoms with van der Waals surface area (Å²) in [6, 6.07) is 0. The van der Waals surface area contributed by atoms with Gasteiger partial charge in [0.15, 0.2) is 5.76 Å². The Bertz CT molecular complexity index is 341. The van der Waals surface area contributed by atoms with E-state index in [9.17, 15) is 4.79 Å². The molecule has 0 aromatic heterocycles. The highest BCUT2D eigenvalue weighted by Crippen LogP contribution is 2.23. The van der Waals surface area contributed by atoms with Crippen molar-refractivity contribution in [3.63, 3.8) is 0 Å². The molecule has 5 nitrogen and oxygen atoms in total. The molecule has 13 heavy (non-hydrogen) atoms. The van der Waals surface area contributed by atoms with Crippen LogP contribution in [0.5, 0.6) is 0 Å². The van der Waals surface area contributed by atoms with Crippen molar-refractivity contribution in [2.45, 2.75) is 0 Å². The number of rotatable bonds is 1. The number of allylic oxidation sites excluding steroid dienone is 1. The van der Waals surface area contributed by atoms with Crippen LogP contribution in [0, 0.1) is 0 Å². The first kappa shape index (κ1) is 7.72. The minimum absolute atomic E-state index is 0.102. The zero-order valence-electron chi connectivity index (χ0n) is 6.74. The van der Waals surface area contributed by atoms with Crippen LogP contribution in [0.25, 0.3) is 0 Å². The average Bonchev–Trinajstić information content (AvgIpc) is 2.17. The maximum Gasteiger partial charge on any atom is 0.269 e. The van der Waals surface area contributed by atoms with Crippen molar-refractivity contribution in [2.75, 3.05) is 6.79 Å². The second kappa shape index (κ2) is 2.85. The lowest BCUT2D eigenvalue weighted by atomic mass is 10.1. The summed E-state index contributed by atoms with van der Waals surface area (Å²) in [5, 5.41) is 2.72. The van der Waals surface area contributed by atoms with Gasteiger partial charge in [-0.1, -0.05) is 0 Å². The molecule has 0 spiro atoms. The van der Waals surface area contributed by atoms with Gasteiger partial charge in [-0.3, -0.25) is 4.79 Å². The first-order valence-corrected chi connectivity index (χ1v) is 3.71. The first-order valence-electron chi connectivity index (χ1n) is 3.71. The topological polar surface area (TPSA) is 73.6 Å². The summed E-state index contributed by atoms with van der Waals surface area (Å²) < 4.78 is 10.0. The molecule has 68 valence electrons. The minimum atomic E-state index is -0.549. The van der Waals surface area contributed by atoms with Crippen molar-refractivity contribution in [3.05, 3.63) is 35.6 Å². The molecule has 2 heterocycles. The highest BCUT2D eigenvalue weighted by molar-refractivity contribution is 5.93. The van der Waals surface area contributed by atoms with E-state index in [1.54, 1.807) is 12.3 Å². The van der Waals surface area contributed by atoms with Gasteiger partial charge in [0.05, 0.1) is 11.8 Å². The van der Waals surface area contributed by atoms with Gasteiger partial charge in [-0.05, 0) is 6.08 Å². The van der Waals surface area contributed by atoms with Crippen LogP contribution in [0.1, 0.15) is 0 Å². The molecule has 0 atom stereocenters. The van der Waals surface area contributed by atoms with E-state index in [4.69, 9.17) is 15.2 Å². The molecule has 1 amide bonds. The van der Waals surface area contributed by atoms with Crippen LogP contribution in [0.2, 0.25) is 0 Å². The molecule has 0 unspecified atom stereocenters. The molecule has 2 aliphatic rings. The number of dihydropyridines is 1. The second-order valence-electron chi connectivity index (χ2n) is 2.55. The molecule has 0 aromatic rings. The van der Waals surface area contributed by atoms with Crippen molar-refractivity contribution < 1.29 is 14.3 Å². The van der Waals surface area contributed by atoms with Crippen molar-refractivity contribution in [1.82, 2.24) is 5.32 Å². The van der Waals surface area contributed by atoms with Crippen LogP contribution in [0.3, 0.4) is 0 Å². The van der Waals surface area contributed by atoms with E-state index >= 15 is 0 Å². The lowest BCUT2D eigenvalue weighted by molar-refractivity contribution is -0.115. The van der Waals surface area contributed by atoms with Gasteiger partial charge in [0.2, 0.25) is 6.79 Å². The number of hydrogen-bond donors (Lipinski definition) is 2. The lowest BCUT2D eigenvalue weighted by Crippen LogP contribution is -2.29. The van der Waals surface area contributed by atoms with E-state index in [1.807, 2.05) is 0 Å². The SMILES string of the molecule is NC(=O)C1=C2OCOC=C2C=CN1. The van der Waals surface area contributed by atoms with Crippen LogP contribution in [0.15, 0.2) is 35.6 Å². The van der Waals surface area contributed by atoms with E-state index in [0.29, 0.717) is 11.3 Å². The summed E-state index contributed by atoms with van der Waals surface area (Å²) in [5.74, 6) is -0.103. The van der Waals surface area contributed by atoms with Crippen molar-refractivity contribution in [3.8, 4) is 0 Å². The summed E-state index contributed by atoms with van der Waals surface area (Å²) in [5.41, 5.74) is 6.10. The minimum Gasteiger partial charge on any atom is -0.464 e. The Balaban J connectivity index is 2.44. The summed E-state index contributed by atoms with van der Waals surface area (Å²) in [4.78, 5) is 10.9. The maximum absolute atomic E-state index is 10.9. The van der Waals surface area contributed by atoms with Gasteiger partial charge < -0.3 is 20.5 Å². The summed E-state index contributed by atoms with van der Waals surface area (Å²) in [6.07, 6.45) is 4.87. The third-order valence-electron chi connectivity index (χ3n) is 1.71. The zero-order chi connectivity index (χ0) is 9.26. The molecule has 0 bridgehead atoms. The summed E-state index contributed by atoms with van der Waals surface area (Å²) in [7, 11) is 0. The molecule has 0 aromatic carbocycles. The van der Waals surface area contributed by atoms with Gasteiger partial charge in [-0.15, -0.1) is 0 Å². The Morgan fingerprint density at radius 3 is 3.23 bits per heavy atom. The van der Waals surface area contributed by atoms with E-state index in [-0.39, 0.29) is 12.5 Å². The van der Waals surface area contributed by atoms with Crippen molar-refractivity contribution >= 4 is 5.91 Å². The van der Waals surface area contributed by atoms with Crippen LogP contribution in [0.4, 0.5) is 0 Å². The molecule has 2 aliphatic heterocycles. The lowest BCUT2D eigenvalue weighted by Gasteiger charge is -2.21. The Morgan fingerprint density at radius 1 is 1.62 bits per heavy atom. The van der Waals surface area contributed by atoms with E-state index in [1.165, 1.54) is 6.26 Å². The molecule has 0 fully saturated rings. The van der Waals surface area contributed by atoms with Gasteiger partial charge >= 0.3 is 0 Å². The Kier molecular flexibility index (Phi) is 1.70. The Morgan fingerprint density at radius 2 is 2.46 bits per heavy atom. The average molecular weight is 180 g/mol. The molecular weight excluding hydrogens is 172 g/mol. The quantitative estimate of drug-likeness (QED) is 0.580. The van der Waals surface area contributed by atoms with E-state index < -0.39 is 5.91 Å². The molecule has 0 saturated heterocycles. The fourth-order valence-corrected chi connectivity index (χ4v) is 1.15. The molecular formula is C8H8N2O3. The normalized spacial score (nSPS) is 19.2. The predicted molar refractivity (Wildman–Crippen MR) is 43.6 cm³/mol. The van der Waals surface area contributed by atoms with Crippen LogP contribution in [-0.2, 0) is 14.3 Å². The number of carbonyl (C=O) groups excluding carboxylic acids is 1. The standard InChI is InChI=1S/C8H8N2O3/c9-8(11)6-7-5(1-2-10-6)3-12-4-13-7/h1-3,10H,4H2,(H2,9,11). The fraction of sp³-hybridized carbons (Fsp3) is 0.125. The second-order valence-corrected chi connectivity index (χ2v) is 2.55. The van der Waals surface area contributed by atoms with Crippen LogP contribution >= 0.6 is 0 Å². The van der Waals surface area contributed by atoms with E-state index in [2.05, 4.69) is 5.32 Å². The number of amides is 1. The molecule has 2 rings (SSSR count). The van der Waals surface area contributed by atoms with Crippen LogP contribution in [-0.4, -0.2) is 12.7 Å². The van der Waals surface area contributed by atoms with Gasteiger partial charge in [-0.25, -0.2) is 0 Å².